The number of para-hydroxylation sites is 1. The zero-order valence-corrected chi connectivity index (χ0v) is 15.3. The third kappa shape index (κ3) is 3.82. The van der Waals surface area contributed by atoms with Crippen LogP contribution in [0.3, 0.4) is 0 Å². The fourth-order valence-electron chi connectivity index (χ4n) is 3.11. The Morgan fingerprint density at radius 2 is 1.88 bits per heavy atom. The number of amides is 1. The Balaban J connectivity index is 1.61. The summed E-state index contributed by atoms with van der Waals surface area (Å²) in [6.45, 7) is 1.96. The van der Waals surface area contributed by atoms with Gasteiger partial charge in [0.2, 0.25) is 5.91 Å². The van der Waals surface area contributed by atoms with Crippen LogP contribution in [0.5, 0.6) is 11.5 Å². The van der Waals surface area contributed by atoms with E-state index in [2.05, 4.69) is 16.4 Å². The number of aryl methyl sites for hydroxylation is 1. The number of benzene rings is 2. The molecule has 1 heterocycles. The molecule has 3 aromatic rings. The zero-order valence-electron chi connectivity index (χ0n) is 15.3. The van der Waals surface area contributed by atoms with Crippen molar-refractivity contribution in [2.75, 3.05) is 14.2 Å². The molecular formula is C21H24N2O3. The predicted molar refractivity (Wildman–Crippen MR) is 103 cm³/mol. The van der Waals surface area contributed by atoms with Gasteiger partial charge in [-0.25, -0.2) is 0 Å². The molecule has 2 aromatic carbocycles. The molecule has 1 aromatic heterocycles. The predicted octanol–water partition coefficient (Wildman–Crippen LogP) is 4.00. The molecule has 0 aliphatic carbocycles. The van der Waals surface area contributed by atoms with Crippen LogP contribution >= 0.6 is 0 Å². The van der Waals surface area contributed by atoms with Crippen molar-refractivity contribution < 1.29 is 14.3 Å². The first-order valence-corrected chi connectivity index (χ1v) is 8.68. The summed E-state index contributed by atoms with van der Waals surface area (Å²) in [5, 5.41) is 4.22. The number of aromatic amines is 1. The molecule has 0 saturated carbocycles. The van der Waals surface area contributed by atoms with Crippen LogP contribution < -0.4 is 14.8 Å². The number of nitrogens with one attached hydrogen (secondary N) is 2. The maximum Gasteiger partial charge on any atom is 0.220 e. The molecule has 26 heavy (non-hydrogen) atoms. The van der Waals surface area contributed by atoms with Crippen LogP contribution in [0.25, 0.3) is 10.9 Å². The molecule has 1 amide bonds. The van der Waals surface area contributed by atoms with Crippen LogP contribution in [-0.2, 0) is 11.2 Å². The molecule has 1 atom stereocenters. The minimum atomic E-state index is -0.106. The SMILES string of the molecule is COc1ccc(C(C)NC(=O)CCc2c[nH]c3ccccc23)cc1OC. The van der Waals surface area contributed by atoms with Gasteiger partial charge in [-0.05, 0) is 42.7 Å². The van der Waals surface area contributed by atoms with Gasteiger partial charge in [0.15, 0.2) is 11.5 Å². The minimum absolute atomic E-state index is 0.0255. The summed E-state index contributed by atoms with van der Waals surface area (Å²) < 4.78 is 10.6. The van der Waals surface area contributed by atoms with Gasteiger partial charge in [-0.3, -0.25) is 4.79 Å². The van der Waals surface area contributed by atoms with E-state index in [-0.39, 0.29) is 11.9 Å². The average Bonchev–Trinajstić information content (AvgIpc) is 3.09. The van der Waals surface area contributed by atoms with Gasteiger partial charge in [-0.15, -0.1) is 0 Å². The average molecular weight is 352 g/mol. The van der Waals surface area contributed by atoms with E-state index < -0.39 is 0 Å². The number of ether oxygens (including phenoxy) is 2. The molecule has 2 N–H and O–H groups in total. The highest BCUT2D eigenvalue weighted by molar-refractivity contribution is 5.84. The first kappa shape index (κ1) is 17.9. The molecule has 0 aliphatic rings. The van der Waals surface area contributed by atoms with E-state index in [9.17, 15) is 4.79 Å². The van der Waals surface area contributed by atoms with Gasteiger partial charge >= 0.3 is 0 Å². The number of aromatic nitrogens is 1. The van der Waals surface area contributed by atoms with Gasteiger partial charge in [-0.1, -0.05) is 24.3 Å². The van der Waals surface area contributed by atoms with Gasteiger partial charge in [0.05, 0.1) is 20.3 Å². The van der Waals surface area contributed by atoms with Gasteiger partial charge in [0.25, 0.3) is 0 Å². The van der Waals surface area contributed by atoms with Crippen LogP contribution in [-0.4, -0.2) is 25.1 Å². The maximum atomic E-state index is 12.4. The summed E-state index contributed by atoms with van der Waals surface area (Å²) in [7, 11) is 3.21. The number of fused-ring (bicyclic) bond motifs is 1. The van der Waals surface area contributed by atoms with E-state index in [0.717, 1.165) is 16.6 Å². The van der Waals surface area contributed by atoms with Crippen LogP contribution in [0.2, 0.25) is 0 Å². The molecule has 3 rings (SSSR count). The molecule has 136 valence electrons. The lowest BCUT2D eigenvalue weighted by molar-refractivity contribution is -0.121. The molecule has 0 aliphatic heterocycles. The number of hydrogen-bond donors (Lipinski definition) is 2. The monoisotopic (exact) mass is 352 g/mol. The van der Waals surface area contributed by atoms with Crippen molar-refractivity contribution in [1.82, 2.24) is 10.3 Å². The largest absolute Gasteiger partial charge is 0.493 e. The van der Waals surface area contributed by atoms with Crippen molar-refractivity contribution >= 4 is 16.8 Å². The van der Waals surface area contributed by atoms with Crippen LogP contribution in [0.1, 0.15) is 30.5 Å². The molecule has 5 heteroatoms. The molecule has 0 fully saturated rings. The van der Waals surface area contributed by atoms with Crippen LogP contribution in [0.15, 0.2) is 48.7 Å². The Morgan fingerprint density at radius 1 is 1.12 bits per heavy atom. The summed E-state index contributed by atoms with van der Waals surface area (Å²) in [6, 6.07) is 13.7. The smallest absolute Gasteiger partial charge is 0.220 e. The van der Waals surface area contributed by atoms with E-state index in [4.69, 9.17) is 9.47 Å². The maximum absolute atomic E-state index is 12.4. The second-order valence-corrected chi connectivity index (χ2v) is 6.26. The molecule has 0 spiro atoms. The van der Waals surface area contributed by atoms with Crippen molar-refractivity contribution in [2.45, 2.75) is 25.8 Å². The van der Waals surface area contributed by atoms with E-state index >= 15 is 0 Å². The third-order valence-corrected chi connectivity index (χ3v) is 4.58. The number of methoxy groups -OCH3 is 2. The van der Waals surface area contributed by atoms with Crippen molar-refractivity contribution in [1.29, 1.82) is 0 Å². The third-order valence-electron chi connectivity index (χ3n) is 4.58. The Morgan fingerprint density at radius 3 is 2.65 bits per heavy atom. The highest BCUT2D eigenvalue weighted by Crippen LogP contribution is 2.30. The summed E-state index contributed by atoms with van der Waals surface area (Å²) in [4.78, 5) is 15.6. The Kier molecular flexibility index (Phi) is 5.46. The summed E-state index contributed by atoms with van der Waals surface area (Å²) >= 11 is 0. The topological polar surface area (TPSA) is 63.3 Å². The lowest BCUT2D eigenvalue weighted by Gasteiger charge is -2.16. The zero-order chi connectivity index (χ0) is 18.5. The minimum Gasteiger partial charge on any atom is -0.493 e. The number of H-pyrrole nitrogens is 1. The molecule has 0 saturated heterocycles. The standard InChI is InChI=1S/C21H24N2O3/c1-14(15-8-10-19(25-2)20(12-15)26-3)23-21(24)11-9-16-13-22-18-7-5-4-6-17(16)18/h4-8,10,12-14,22H,9,11H2,1-3H3,(H,23,24). The Labute approximate surface area is 153 Å². The first-order chi connectivity index (χ1) is 12.6. The van der Waals surface area contributed by atoms with Gasteiger partial charge in [-0.2, -0.15) is 0 Å². The molecule has 0 bridgehead atoms. The summed E-state index contributed by atoms with van der Waals surface area (Å²) in [5.41, 5.74) is 3.24. The first-order valence-electron chi connectivity index (χ1n) is 8.68. The number of hydrogen-bond acceptors (Lipinski definition) is 3. The number of carbonyl (C=O) groups excluding carboxylic acids is 1. The molecule has 5 nitrogen and oxygen atoms in total. The van der Waals surface area contributed by atoms with E-state index in [1.807, 2.05) is 49.5 Å². The fourth-order valence-corrected chi connectivity index (χ4v) is 3.11. The van der Waals surface area contributed by atoms with Crippen molar-refractivity contribution in [3.05, 3.63) is 59.8 Å². The quantitative estimate of drug-likeness (QED) is 0.676. The van der Waals surface area contributed by atoms with Crippen molar-refractivity contribution in [2.24, 2.45) is 0 Å². The summed E-state index contributed by atoms with van der Waals surface area (Å²) in [6.07, 6.45) is 3.13. The van der Waals surface area contributed by atoms with E-state index in [1.165, 1.54) is 5.39 Å². The summed E-state index contributed by atoms with van der Waals surface area (Å²) in [5.74, 6) is 1.36. The number of rotatable bonds is 7. The second kappa shape index (κ2) is 7.95. The lowest BCUT2D eigenvalue weighted by Crippen LogP contribution is -2.26. The highest BCUT2D eigenvalue weighted by Gasteiger charge is 2.13. The molecular weight excluding hydrogens is 328 g/mol. The van der Waals surface area contributed by atoms with Crippen molar-refractivity contribution in [3.8, 4) is 11.5 Å². The lowest BCUT2D eigenvalue weighted by atomic mass is 10.1. The Hall–Kier alpha value is -2.95. The van der Waals surface area contributed by atoms with Crippen LogP contribution in [0, 0.1) is 0 Å². The second-order valence-electron chi connectivity index (χ2n) is 6.26. The van der Waals surface area contributed by atoms with E-state index in [1.54, 1.807) is 14.2 Å². The van der Waals surface area contributed by atoms with Gasteiger partial charge in [0.1, 0.15) is 0 Å². The highest BCUT2D eigenvalue weighted by atomic mass is 16.5. The van der Waals surface area contributed by atoms with Gasteiger partial charge < -0.3 is 19.8 Å². The molecule has 0 radical (unpaired) electrons. The van der Waals surface area contributed by atoms with Gasteiger partial charge in [0, 0.05) is 23.5 Å². The fraction of sp³-hybridized carbons (Fsp3) is 0.286. The normalized spacial score (nSPS) is 12.0. The van der Waals surface area contributed by atoms with Crippen molar-refractivity contribution in [3.63, 3.8) is 0 Å². The van der Waals surface area contributed by atoms with E-state index in [0.29, 0.717) is 24.3 Å². The van der Waals surface area contributed by atoms with Crippen LogP contribution in [0.4, 0.5) is 0 Å². The number of carbonyl (C=O) groups is 1. The molecule has 1 unspecified atom stereocenters. The Bertz CT molecular complexity index is 901.